The zero-order chi connectivity index (χ0) is 28.5. The van der Waals surface area contributed by atoms with E-state index < -0.39 is 11.9 Å². The van der Waals surface area contributed by atoms with Gasteiger partial charge in [-0.15, -0.1) is 0 Å². The van der Waals surface area contributed by atoms with Crippen LogP contribution in [0, 0.1) is 0 Å². The summed E-state index contributed by atoms with van der Waals surface area (Å²) in [6.45, 7) is 8.90. The van der Waals surface area contributed by atoms with Gasteiger partial charge in [0.2, 0.25) is 0 Å². The van der Waals surface area contributed by atoms with Crippen molar-refractivity contribution in [2.45, 2.75) is 26.4 Å². The van der Waals surface area contributed by atoms with Gasteiger partial charge in [0.1, 0.15) is 12.4 Å². The summed E-state index contributed by atoms with van der Waals surface area (Å²) in [5, 5.41) is 2.52. The van der Waals surface area contributed by atoms with Gasteiger partial charge < -0.3 is 14.4 Å². The van der Waals surface area contributed by atoms with E-state index in [4.69, 9.17) is 9.47 Å². The van der Waals surface area contributed by atoms with Crippen LogP contribution in [0.25, 0.3) is 16.3 Å². The number of carbonyl (C=O) groups is 2. The zero-order valence-electron chi connectivity index (χ0n) is 22.9. The van der Waals surface area contributed by atoms with Crippen molar-refractivity contribution < 1.29 is 19.1 Å². The van der Waals surface area contributed by atoms with Gasteiger partial charge in [-0.1, -0.05) is 55.7 Å². The molecule has 5 nitrogen and oxygen atoms in total. The lowest BCUT2D eigenvalue weighted by Gasteiger charge is -2.29. The fourth-order valence-electron chi connectivity index (χ4n) is 5.42. The van der Waals surface area contributed by atoms with E-state index in [2.05, 4.69) is 60.6 Å². The molecule has 0 aromatic heterocycles. The number of allylic oxidation sites excluding steroid dienone is 4. The second-order valence-corrected chi connectivity index (χ2v) is 10.3. The smallest absolute Gasteiger partial charge is 0.338 e. The van der Waals surface area contributed by atoms with Crippen molar-refractivity contribution in [1.29, 1.82) is 0 Å². The molecule has 0 amide bonds. The summed E-state index contributed by atoms with van der Waals surface area (Å²) in [7, 11) is 0. The van der Waals surface area contributed by atoms with Crippen LogP contribution < -0.4 is 9.64 Å². The average Bonchev–Trinajstić information content (AvgIpc) is 3.00. The fourth-order valence-corrected chi connectivity index (χ4v) is 5.42. The molecule has 0 spiro atoms. The maximum Gasteiger partial charge on any atom is 0.338 e. The first-order chi connectivity index (χ1) is 19.9. The van der Waals surface area contributed by atoms with Gasteiger partial charge in [0.05, 0.1) is 0 Å². The monoisotopic (exact) mass is 539 g/mol. The van der Waals surface area contributed by atoms with Gasteiger partial charge in [-0.3, -0.25) is 0 Å². The summed E-state index contributed by atoms with van der Waals surface area (Å²) in [5.74, 6) is -0.461. The van der Waals surface area contributed by atoms with Crippen molar-refractivity contribution in [3.8, 4) is 5.75 Å². The predicted octanol–water partition coefficient (Wildman–Crippen LogP) is 8.07. The molecule has 41 heavy (non-hydrogen) atoms. The van der Waals surface area contributed by atoms with E-state index in [1.165, 1.54) is 33.0 Å². The third kappa shape index (κ3) is 5.10. The molecule has 0 saturated heterocycles. The lowest BCUT2D eigenvalue weighted by molar-refractivity contribution is -0.139. The molecule has 0 saturated carbocycles. The van der Waals surface area contributed by atoms with Crippen molar-refractivity contribution in [1.82, 2.24) is 0 Å². The van der Waals surface area contributed by atoms with Crippen molar-refractivity contribution in [2.75, 3.05) is 4.90 Å². The number of hydrogen-bond donors (Lipinski definition) is 0. The Labute approximate surface area is 239 Å². The molecule has 0 heterocycles. The summed E-state index contributed by atoms with van der Waals surface area (Å²) in [4.78, 5) is 25.8. The molecule has 5 heteroatoms. The molecule has 0 fully saturated rings. The second kappa shape index (κ2) is 10.8. The maximum atomic E-state index is 12.0. The highest BCUT2D eigenvalue weighted by atomic mass is 16.5. The number of carbonyl (C=O) groups excluding carboxylic acids is 2. The number of hydrogen-bond acceptors (Lipinski definition) is 5. The highest BCUT2D eigenvalue weighted by molar-refractivity contribution is 6.04. The molecule has 0 N–H and O–H groups in total. The third-order valence-corrected chi connectivity index (χ3v) is 7.39. The molecule has 2 aliphatic carbocycles. The largest absolute Gasteiger partial charge is 0.458 e. The van der Waals surface area contributed by atoms with Crippen LogP contribution in [0.4, 0.5) is 17.1 Å². The predicted molar refractivity (Wildman–Crippen MR) is 164 cm³/mol. The Morgan fingerprint density at radius 1 is 0.902 bits per heavy atom. The molecule has 0 aliphatic heterocycles. The lowest BCUT2D eigenvalue weighted by atomic mass is 9.81. The number of nitrogens with zero attached hydrogens (tertiary/aromatic N) is 1. The molecular formula is C36H29NO4. The quantitative estimate of drug-likeness (QED) is 0.129. The first-order valence-corrected chi connectivity index (χ1v) is 13.5. The van der Waals surface area contributed by atoms with Crippen LogP contribution in [0.3, 0.4) is 0 Å². The van der Waals surface area contributed by atoms with E-state index in [1.54, 1.807) is 19.1 Å². The Morgan fingerprint density at radius 3 is 2.34 bits per heavy atom. The van der Waals surface area contributed by atoms with Crippen LogP contribution in [0.5, 0.6) is 5.75 Å². The Balaban J connectivity index is 1.42. The van der Waals surface area contributed by atoms with Crippen molar-refractivity contribution >= 4 is 45.3 Å². The van der Waals surface area contributed by atoms with Crippen LogP contribution in [-0.2, 0) is 33.8 Å². The van der Waals surface area contributed by atoms with Gasteiger partial charge in [0.25, 0.3) is 0 Å². The lowest BCUT2D eigenvalue weighted by Crippen LogP contribution is -2.12. The van der Waals surface area contributed by atoms with Gasteiger partial charge in [0.15, 0.2) is 0 Å². The van der Waals surface area contributed by atoms with Crippen molar-refractivity contribution in [3.63, 3.8) is 0 Å². The van der Waals surface area contributed by atoms with Crippen LogP contribution >= 0.6 is 0 Å². The highest BCUT2D eigenvalue weighted by Crippen LogP contribution is 2.43. The van der Waals surface area contributed by atoms with E-state index in [1.807, 2.05) is 36.4 Å². The Bertz CT molecular complexity index is 1780. The summed E-state index contributed by atoms with van der Waals surface area (Å²) >= 11 is 0. The van der Waals surface area contributed by atoms with Crippen LogP contribution in [0.1, 0.15) is 29.2 Å². The Kier molecular flexibility index (Phi) is 6.86. The first-order valence-electron chi connectivity index (χ1n) is 13.5. The van der Waals surface area contributed by atoms with Gasteiger partial charge in [-0.2, -0.15) is 0 Å². The molecule has 0 radical (unpaired) electrons. The topological polar surface area (TPSA) is 55.8 Å². The number of ether oxygens (including phenoxy) is 2. The minimum Gasteiger partial charge on any atom is -0.458 e. The van der Waals surface area contributed by atoms with Gasteiger partial charge >= 0.3 is 11.9 Å². The molecule has 0 unspecified atom stereocenters. The molecular weight excluding hydrogens is 510 g/mol. The normalized spacial score (nSPS) is 12.9. The van der Waals surface area contributed by atoms with Crippen molar-refractivity contribution in [2.24, 2.45) is 0 Å². The molecule has 4 aromatic rings. The minimum absolute atomic E-state index is 0.169. The summed E-state index contributed by atoms with van der Waals surface area (Å²) < 4.78 is 10.6. The van der Waals surface area contributed by atoms with Crippen LogP contribution in [-0.4, -0.2) is 11.9 Å². The Hall–Kier alpha value is -5.16. The summed E-state index contributed by atoms with van der Waals surface area (Å²) in [5.41, 5.74) is 9.40. The van der Waals surface area contributed by atoms with E-state index in [-0.39, 0.29) is 6.61 Å². The fraction of sp³-hybridized carbons (Fsp3) is 0.111. The minimum atomic E-state index is -0.457. The highest BCUT2D eigenvalue weighted by Gasteiger charge is 2.22. The van der Waals surface area contributed by atoms with E-state index in [0.29, 0.717) is 11.3 Å². The van der Waals surface area contributed by atoms with E-state index >= 15 is 0 Å². The molecule has 2 aliphatic rings. The third-order valence-electron chi connectivity index (χ3n) is 7.39. The average molecular weight is 540 g/mol. The number of rotatable bonds is 8. The number of benzene rings is 4. The van der Waals surface area contributed by atoms with E-state index in [0.717, 1.165) is 41.5 Å². The Morgan fingerprint density at radius 2 is 1.63 bits per heavy atom. The van der Waals surface area contributed by atoms with Gasteiger partial charge in [0, 0.05) is 28.7 Å². The zero-order valence-corrected chi connectivity index (χ0v) is 22.9. The number of esters is 2. The van der Waals surface area contributed by atoms with E-state index in [9.17, 15) is 9.59 Å². The van der Waals surface area contributed by atoms with Gasteiger partial charge in [-0.05, 0) is 107 Å². The molecule has 4 aromatic carbocycles. The molecule has 6 rings (SSSR count). The molecule has 0 bridgehead atoms. The first kappa shape index (κ1) is 26.1. The second-order valence-electron chi connectivity index (χ2n) is 10.3. The standard InChI is InChI=1S/C36H29NO4/c1-4-33(38)40-22-24-8-14-29(15-9-24)37(30-16-18-32(19-17-30)41-36(39)23(2)3)31-20-27-12-10-25-6-5-7-26-11-13-28(21-31)35(27)34(25)26/h4-6,8-11,13-21H,1-2,7,12,22H2,3H3. The SMILES string of the molecule is C=CC(=O)OCc1ccc(N(c2ccc(OC(=O)C(=C)C)cc2)c2cc3c4c5c(ccc4c2)CC=CC5=CC3)cc1. The molecule has 202 valence electrons. The van der Waals surface area contributed by atoms with Crippen LogP contribution in [0.15, 0.2) is 116 Å². The van der Waals surface area contributed by atoms with Crippen LogP contribution in [0.2, 0.25) is 0 Å². The van der Waals surface area contributed by atoms with Gasteiger partial charge in [-0.25, -0.2) is 9.59 Å². The summed E-state index contributed by atoms with van der Waals surface area (Å²) in [6.07, 6.45) is 9.76. The number of anilines is 3. The summed E-state index contributed by atoms with van der Waals surface area (Å²) in [6, 6.07) is 24.3. The maximum absolute atomic E-state index is 12.0. The van der Waals surface area contributed by atoms with Crippen molar-refractivity contribution in [3.05, 3.63) is 138 Å². The molecule has 0 atom stereocenters.